The highest BCUT2D eigenvalue weighted by atomic mass is 32.1. The van der Waals surface area contributed by atoms with Crippen LogP contribution >= 0.6 is 11.3 Å². The Hall–Kier alpha value is -1.61. The van der Waals surface area contributed by atoms with Crippen molar-refractivity contribution in [3.05, 3.63) is 23.5 Å². The molecule has 23 heavy (non-hydrogen) atoms. The number of piperidine rings is 1. The van der Waals surface area contributed by atoms with Crippen LogP contribution in [0.5, 0.6) is 0 Å². The van der Waals surface area contributed by atoms with Crippen LogP contribution in [0.1, 0.15) is 18.5 Å². The molecule has 0 aromatic carbocycles. The lowest BCUT2D eigenvalue weighted by Gasteiger charge is -2.31. The number of halogens is 3. The van der Waals surface area contributed by atoms with E-state index < -0.39 is 24.5 Å². The van der Waals surface area contributed by atoms with Crippen molar-refractivity contribution in [1.29, 1.82) is 0 Å². The second-order valence-electron chi connectivity index (χ2n) is 5.73. The molecule has 5 nitrogen and oxygen atoms in total. The van der Waals surface area contributed by atoms with Crippen molar-refractivity contribution < 1.29 is 18.0 Å². The first-order valence-corrected chi connectivity index (χ1v) is 8.26. The number of hydrogen-bond acceptors (Lipinski definition) is 4. The van der Waals surface area contributed by atoms with Gasteiger partial charge < -0.3 is 5.32 Å². The summed E-state index contributed by atoms with van der Waals surface area (Å²) in [4.78, 5) is 19.4. The fraction of sp³-hybridized carbons (Fsp3) is 0.571. The maximum absolute atomic E-state index is 12.2. The number of imidazole rings is 1. The zero-order valence-corrected chi connectivity index (χ0v) is 13.2. The lowest BCUT2D eigenvalue weighted by molar-refractivity contribution is -0.141. The SMILES string of the molecule is O=C(NCC(F)(F)F)[C@H]1CCCN(Cc2cn3ccsc3n2)C1. The molecule has 3 heterocycles. The fourth-order valence-electron chi connectivity index (χ4n) is 2.83. The van der Waals surface area contributed by atoms with Gasteiger partial charge in [-0.2, -0.15) is 13.2 Å². The maximum Gasteiger partial charge on any atom is 0.405 e. The summed E-state index contributed by atoms with van der Waals surface area (Å²) < 4.78 is 38.5. The molecule has 9 heteroatoms. The highest BCUT2D eigenvalue weighted by Gasteiger charge is 2.31. The third kappa shape index (κ3) is 4.23. The Morgan fingerprint density at radius 2 is 2.30 bits per heavy atom. The Balaban J connectivity index is 1.55. The van der Waals surface area contributed by atoms with E-state index in [2.05, 4.69) is 9.88 Å². The topological polar surface area (TPSA) is 49.6 Å². The van der Waals surface area contributed by atoms with Crippen LogP contribution in [0.2, 0.25) is 0 Å². The number of thiazole rings is 1. The molecule has 3 rings (SSSR count). The maximum atomic E-state index is 12.2. The Morgan fingerprint density at radius 3 is 3.04 bits per heavy atom. The number of aromatic nitrogens is 2. The zero-order chi connectivity index (χ0) is 16.4. The summed E-state index contributed by atoms with van der Waals surface area (Å²) in [6.45, 7) is 0.639. The van der Waals surface area contributed by atoms with Gasteiger partial charge in [0.15, 0.2) is 4.96 Å². The number of fused-ring (bicyclic) bond motifs is 1. The molecule has 0 aliphatic carbocycles. The summed E-state index contributed by atoms with van der Waals surface area (Å²) in [5.41, 5.74) is 0.910. The molecule has 2 aromatic heterocycles. The molecular weight excluding hydrogens is 329 g/mol. The molecule has 0 bridgehead atoms. The van der Waals surface area contributed by atoms with Crippen molar-refractivity contribution in [2.24, 2.45) is 5.92 Å². The molecule has 1 aliphatic heterocycles. The monoisotopic (exact) mass is 346 g/mol. The molecule has 1 saturated heterocycles. The van der Waals surface area contributed by atoms with Crippen molar-refractivity contribution in [3.8, 4) is 0 Å². The standard InChI is InChI=1S/C14H17F3N4OS/c15-14(16,17)9-18-12(22)10-2-1-3-20(6-10)7-11-8-21-4-5-23-13(21)19-11/h4-5,8,10H,1-3,6-7,9H2,(H,18,22)/t10-/m0/s1. The number of hydrogen-bond donors (Lipinski definition) is 1. The predicted octanol–water partition coefficient (Wildman–Crippen LogP) is 2.29. The minimum absolute atomic E-state index is 0.394. The molecule has 126 valence electrons. The second-order valence-corrected chi connectivity index (χ2v) is 6.61. The van der Waals surface area contributed by atoms with Crippen LogP contribution in [0.4, 0.5) is 13.2 Å². The molecule has 1 atom stereocenters. The van der Waals surface area contributed by atoms with Crippen molar-refractivity contribution >= 4 is 22.2 Å². The van der Waals surface area contributed by atoms with Crippen LogP contribution in [0, 0.1) is 5.92 Å². The molecule has 2 aromatic rings. The first kappa shape index (κ1) is 16.3. The average molecular weight is 346 g/mol. The van der Waals surface area contributed by atoms with Gasteiger partial charge in [0.05, 0.1) is 11.6 Å². The summed E-state index contributed by atoms with van der Waals surface area (Å²) >= 11 is 1.55. The van der Waals surface area contributed by atoms with Gasteiger partial charge in [-0.1, -0.05) is 0 Å². The van der Waals surface area contributed by atoms with E-state index in [1.165, 1.54) is 0 Å². The summed E-state index contributed by atoms with van der Waals surface area (Å²) in [6.07, 6.45) is 0.927. The Morgan fingerprint density at radius 1 is 1.48 bits per heavy atom. The van der Waals surface area contributed by atoms with Gasteiger partial charge in [0.25, 0.3) is 0 Å². The number of nitrogens with one attached hydrogen (secondary N) is 1. The van der Waals surface area contributed by atoms with Gasteiger partial charge in [-0.3, -0.25) is 14.1 Å². The average Bonchev–Trinajstić information content (AvgIpc) is 3.05. The number of carbonyl (C=O) groups is 1. The van der Waals surface area contributed by atoms with E-state index in [0.29, 0.717) is 19.5 Å². The van der Waals surface area contributed by atoms with Crippen LogP contribution in [-0.2, 0) is 11.3 Å². The number of likely N-dealkylation sites (tertiary alicyclic amines) is 1. The summed E-state index contributed by atoms with van der Waals surface area (Å²) in [5.74, 6) is -0.910. The number of rotatable bonds is 4. The van der Waals surface area contributed by atoms with Crippen LogP contribution < -0.4 is 5.32 Å². The van der Waals surface area contributed by atoms with Gasteiger partial charge in [0.2, 0.25) is 5.91 Å². The highest BCUT2D eigenvalue weighted by Crippen LogP contribution is 2.20. The van der Waals surface area contributed by atoms with Gasteiger partial charge in [-0.05, 0) is 19.4 Å². The minimum atomic E-state index is -4.37. The highest BCUT2D eigenvalue weighted by molar-refractivity contribution is 7.15. The number of nitrogens with zero attached hydrogens (tertiary/aromatic N) is 3. The van der Waals surface area contributed by atoms with Crippen molar-refractivity contribution in [2.45, 2.75) is 25.6 Å². The van der Waals surface area contributed by atoms with Crippen molar-refractivity contribution in [2.75, 3.05) is 19.6 Å². The first-order chi connectivity index (χ1) is 10.9. The molecule has 1 N–H and O–H groups in total. The smallest absolute Gasteiger partial charge is 0.347 e. The van der Waals surface area contributed by atoms with Gasteiger partial charge in [0, 0.05) is 30.9 Å². The quantitative estimate of drug-likeness (QED) is 0.924. The third-order valence-corrected chi connectivity index (χ3v) is 4.64. The number of alkyl halides is 3. The van der Waals surface area contributed by atoms with Crippen LogP contribution in [-0.4, -0.2) is 46.0 Å². The number of amides is 1. The fourth-order valence-corrected chi connectivity index (χ4v) is 3.55. The predicted molar refractivity (Wildman–Crippen MR) is 80.1 cm³/mol. The second kappa shape index (κ2) is 6.48. The first-order valence-electron chi connectivity index (χ1n) is 7.38. The molecule has 0 spiro atoms. The van der Waals surface area contributed by atoms with Gasteiger partial charge >= 0.3 is 6.18 Å². The van der Waals surface area contributed by atoms with E-state index in [1.807, 2.05) is 27.5 Å². The van der Waals surface area contributed by atoms with Gasteiger partial charge in [-0.15, -0.1) is 11.3 Å². The largest absolute Gasteiger partial charge is 0.405 e. The third-order valence-electron chi connectivity index (χ3n) is 3.87. The molecule has 0 saturated carbocycles. The summed E-state index contributed by atoms with van der Waals surface area (Å²) in [5, 5.41) is 3.94. The van der Waals surface area contributed by atoms with Gasteiger partial charge in [0.1, 0.15) is 6.54 Å². The molecule has 1 amide bonds. The number of carbonyl (C=O) groups excluding carboxylic acids is 1. The van der Waals surface area contributed by atoms with Crippen molar-refractivity contribution in [1.82, 2.24) is 19.6 Å². The Labute approximate surface area is 135 Å². The molecule has 0 radical (unpaired) electrons. The van der Waals surface area contributed by atoms with Crippen LogP contribution in [0.15, 0.2) is 17.8 Å². The lowest BCUT2D eigenvalue weighted by Crippen LogP contribution is -2.44. The summed E-state index contributed by atoms with van der Waals surface area (Å²) in [6, 6.07) is 0. The zero-order valence-electron chi connectivity index (χ0n) is 12.3. The van der Waals surface area contributed by atoms with E-state index in [4.69, 9.17) is 0 Å². The van der Waals surface area contributed by atoms with E-state index in [0.717, 1.165) is 23.6 Å². The Kier molecular flexibility index (Phi) is 4.58. The Bertz CT molecular complexity index is 652. The molecule has 1 fully saturated rings. The van der Waals surface area contributed by atoms with E-state index >= 15 is 0 Å². The minimum Gasteiger partial charge on any atom is -0.347 e. The van der Waals surface area contributed by atoms with E-state index in [-0.39, 0.29) is 0 Å². The van der Waals surface area contributed by atoms with Gasteiger partial charge in [-0.25, -0.2) is 4.98 Å². The molecule has 0 unspecified atom stereocenters. The van der Waals surface area contributed by atoms with Crippen LogP contribution in [0.25, 0.3) is 4.96 Å². The lowest BCUT2D eigenvalue weighted by atomic mass is 9.97. The molecule has 1 aliphatic rings. The molecular formula is C14H17F3N4OS. The van der Waals surface area contributed by atoms with E-state index in [9.17, 15) is 18.0 Å². The van der Waals surface area contributed by atoms with Crippen molar-refractivity contribution in [3.63, 3.8) is 0 Å². The van der Waals surface area contributed by atoms with E-state index in [1.54, 1.807) is 11.3 Å². The normalized spacial score (nSPS) is 20.0. The summed E-state index contributed by atoms with van der Waals surface area (Å²) in [7, 11) is 0. The van der Waals surface area contributed by atoms with Crippen LogP contribution in [0.3, 0.4) is 0 Å².